The number of aromatic nitrogens is 2. The number of morpholine rings is 1. The largest absolute Gasteiger partial charge is 0.374 e. The van der Waals surface area contributed by atoms with Gasteiger partial charge in [0, 0.05) is 25.8 Å². The molecule has 1 atom stereocenters. The van der Waals surface area contributed by atoms with Gasteiger partial charge in [-0.05, 0) is 19.5 Å². The molecule has 1 unspecified atom stereocenters. The Labute approximate surface area is 116 Å². The van der Waals surface area contributed by atoms with Crippen LogP contribution in [0.3, 0.4) is 0 Å². The van der Waals surface area contributed by atoms with E-state index >= 15 is 0 Å². The van der Waals surface area contributed by atoms with Gasteiger partial charge in [-0.25, -0.2) is 4.98 Å². The van der Waals surface area contributed by atoms with E-state index in [9.17, 15) is 0 Å². The molecule has 0 spiro atoms. The third-order valence-electron chi connectivity index (χ3n) is 3.60. The minimum absolute atomic E-state index is 0.285. The lowest BCUT2D eigenvalue weighted by atomic mass is 10.2. The fraction of sp³-hybridized carbons (Fsp3) is 0.786. The standard InChI is InChI=1S/C14H26N4O/c1-3-5-15-8-13-9-16-12-18(13)11-14-10-17(4-2)6-7-19-14/h9,12,14-15H,3-8,10-11H2,1-2H3. The van der Waals surface area contributed by atoms with Crippen molar-refractivity contribution in [3.63, 3.8) is 0 Å². The van der Waals surface area contributed by atoms with Gasteiger partial charge in [-0.3, -0.25) is 4.90 Å². The van der Waals surface area contributed by atoms with Crippen molar-refractivity contribution < 1.29 is 4.74 Å². The van der Waals surface area contributed by atoms with Crippen LogP contribution in [0.25, 0.3) is 0 Å². The summed E-state index contributed by atoms with van der Waals surface area (Å²) in [5.74, 6) is 0. The van der Waals surface area contributed by atoms with Crippen molar-refractivity contribution in [2.24, 2.45) is 0 Å². The molecule has 1 N–H and O–H groups in total. The highest BCUT2D eigenvalue weighted by Crippen LogP contribution is 2.09. The van der Waals surface area contributed by atoms with E-state index in [4.69, 9.17) is 4.74 Å². The smallest absolute Gasteiger partial charge is 0.0949 e. The second-order valence-electron chi connectivity index (χ2n) is 5.10. The van der Waals surface area contributed by atoms with E-state index in [0.717, 1.165) is 52.3 Å². The molecule has 0 amide bonds. The average Bonchev–Trinajstić information content (AvgIpc) is 2.87. The molecule has 1 aromatic rings. The zero-order valence-corrected chi connectivity index (χ0v) is 12.1. The van der Waals surface area contributed by atoms with Gasteiger partial charge in [-0.2, -0.15) is 0 Å². The number of nitrogens with one attached hydrogen (secondary N) is 1. The zero-order chi connectivity index (χ0) is 13.5. The Bertz CT molecular complexity index is 366. The summed E-state index contributed by atoms with van der Waals surface area (Å²) in [4.78, 5) is 6.70. The number of ether oxygens (including phenoxy) is 1. The van der Waals surface area contributed by atoms with E-state index in [1.54, 1.807) is 0 Å². The first kappa shape index (κ1) is 14.5. The first-order chi connectivity index (χ1) is 9.33. The molecule has 19 heavy (non-hydrogen) atoms. The van der Waals surface area contributed by atoms with Crippen LogP contribution in [0.5, 0.6) is 0 Å². The van der Waals surface area contributed by atoms with Crippen LogP contribution in [0, 0.1) is 0 Å². The molecule has 0 saturated carbocycles. The van der Waals surface area contributed by atoms with Crippen LogP contribution >= 0.6 is 0 Å². The average molecular weight is 266 g/mol. The Balaban J connectivity index is 1.86. The summed E-state index contributed by atoms with van der Waals surface area (Å²) >= 11 is 0. The second-order valence-corrected chi connectivity index (χ2v) is 5.10. The van der Waals surface area contributed by atoms with Gasteiger partial charge in [-0.1, -0.05) is 13.8 Å². The van der Waals surface area contributed by atoms with E-state index < -0.39 is 0 Å². The van der Waals surface area contributed by atoms with E-state index in [0.29, 0.717) is 0 Å². The molecule has 0 bridgehead atoms. The lowest BCUT2D eigenvalue weighted by Crippen LogP contribution is -2.44. The van der Waals surface area contributed by atoms with Crippen LogP contribution in [0.1, 0.15) is 26.0 Å². The summed E-state index contributed by atoms with van der Waals surface area (Å²) in [7, 11) is 0. The van der Waals surface area contributed by atoms with Crippen LogP contribution in [0.2, 0.25) is 0 Å². The normalized spacial score (nSPS) is 20.8. The molecule has 1 aliphatic heterocycles. The molecular formula is C14H26N4O. The van der Waals surface area contributed by atoms with Crippen LogP contribution in [0.15, 0.2) is 12.5 Å². The van der Waals surface area contributed by atoms with Crippen molar-refractivity contribution in [1.29, 1.82) is 0 Å². The van der Waals surface area contributed by atoms with Crippen LogP contribution in [-0.4, -0.2) is 53.3 Å². The maximum Gasteiger partial charge on any atom is 0.0949 e. The monoisotopic (exact) mass is 266 g/mol. The molecule has 5 nitrogen and oxygen atoms in total. The van der Waals surface area contributed by atoms with Crippen molar-refractivity contribution in [1.82, 2.24) is 19.8 Å². The Morgan fingerprint density at radius 3 is 3.16 bits per heavy atom. The molecule has 0 radical (unpaired) electrons. The minimum Gasteiger partial charge on any atom is -0.374 e. The van der Waals surface area contributed by atoms with E-state index in [2.05, 4.69) is 33.6 Å². The molecule has 1 aromatic heterocycles. The molecule has 1 aliphatic rings. The molecule has 2 rings (SSSR count). The number of hydrogen-bond donors (Lipinski definition) is 1. The number of hydrogen-bond acceptors (Lipinski definition) is 4. The lowest BCUT2D eigenvalue weighted by Gasteiger charge is -2.32. The number of likely N-dealkylation sites (N-methyl/N-ethyl adjacent to an activating group) is 1. The molecule has 2 heterocycles. The number of imidazole rings is 1. The second kappa shape index (κ2) is 7.62. The molecular weight excluding hydrogens is 240 g/mol. The van der Waals surface area contributed by atoms with Crippen molar-refractivity contribution >= 4 is 0 Å². The van der Waals surface area contributed by atoms with Gasteiger partial charge >= 0.3 is 0 Å². The first-order valence-corrected chi connectivity index (χ1v) is 7.37. The predicted molar refractivity (Wildman–Crippen MR) is 76.1 cm³/mol. The number of rotatable bonds is 7. The number of nitrogens with zero attached hydrogens (tertiary/aromatic N) is 3. The fourth-order valence-corrected chi connectivity index (χ4v) is 2.45. The molecule has 1 saturated heterocycles. The highest BCUT2D eigenvalue weighted by Gasteiger charge is 2.20. The van der Waals surface area contributed by atoms with Crippen LogP contribution in [0.4, 0.5) is 0 Å². The predicted octanol–water partition coefficient (Wildman–Crippen LogP) is 1.10. The molecule has 5 heteroatoms. The highest BCUT2D eigenvalue weighted by atomic mass is 16.5. The van der Waals surface area contributed by atoms with Crippen LogP contribution < -0.4 is 5.32 Å². The highest BCUT2D eigenvalue weighted by molar-refractivity contribution is 4.98. The molecule has 0 aliphatic carbocycles. The third kappa shape index (κ3) is 4.30. The molecule has 1 fully saturated rings. The van der Waals surface area contributed by atoms with Crippen molar-refractivity contribution in [2.45, 2.75) is 39.5 Å². The summed E-state index contributed by atoms with van der Waals surface area (Å²) in [5, 5.41) is 3.42. The van der Waals surface area contributed by atoms with E-state index in [-0.39, 0.29) is 6.10 Å². The SMILES string of the molecule is CCCNCc1cncn1CC1CN(CC)CCO1. The van der Waals surface area contributed by atoms with Gasteiger partial charge in [0.25, 0.3) is 0 Å². The maximum atomic E-state index is 5.85. The summed E-state index contributed by atoms with van der Waals surface area (Å²) in [6.07, 6.45) is 5.30. The molecule has 108 valence electrons. The third-order valence-corrected chi connectivity index (χ3v) is 3.60. The van der Waals surface area contributed by atoms with Gasteiger partial charge in [0.05, 0.1) is 31.3 Å². The first-order valence-electron chi connectivity index (χ1n) is 7.37. The van der Waals surface area contributed by atoms with Crippen molar-refractivity contribution in [3.8, 4) is 0 Å². The Hall–Kier alpha value is -0.910. The van der Waals surface area contributed by atoms with E-state index in [1.165, 1.54) is 5.69 Å². The lowest BCUT2D eigenvalue weighted by molar-refractivity contribution is -0.0346. The Morgan fingerprint density at radius 2 is 2.37 bits per heavy atom. The summed E-state index contributed by atoms with van der Waals surface area (Å²) in [6.45, 7) is 11.3. The summed E-state index contributed by atoms with van der Waals surface area (Å²) in [5.41, 5.74) is 1.24. The summed E-state index contributed by atoms with van der Waals surface area (Å²) in [6, 6.07) is 0. The Morgan fingerprint density at radius 1 is 1.47 bits per heavy atom. The van der Waals surface area contributed by atoms with Crippen molar-refractivity contribution in [2.75, 3.05) is 32.8 Å². The van der Waals surface area contributed by atoms with Gasteiger partial charge in [-0.15, -0.1) is 0 Å². The quantitative estimate of drug-likeness (QED) is 0.751. The Kier molecular flexibility index (Phi) is 5.82. The van der Waals surface area contributed by atoms with Crippen molar-refractivity contribution in [3.05, 3.63) is 18.2 Å². The van der Waals surface area contributed by atoms with Gasteiger partial charge < -0.3 is 14.6 Å². The zero-order valence-electron chi connectivity index (χ0n) is 12.1. The van der Waals surface area contributed by atoms with Crippen LogP contribution in [-0.2, 0) is 17.8 Å². The summed E-state index contributed by atoms with van der Waals surface area (Å²) < 4.78 is 8.07. The minimum atomic E-state index is 0.285. The van der Waals surface area contributed by atoms with Gasteiger partial charge in [0.15, 0.2) is 0 Å². The fourth-order valence-electron chi connectivity index (χ4n) is 2.45. The van der Waals surface area contributed by atoms with E-state index in [1.807, 2.05) is 12.5 Å². The topological polar surface area (TPSA) is 42.3 Å². The maximum absolute atomic E-state index is 5.85. The van der Waals surface area contributed by atoms with Gasteiger partial charge in [0.1, 0.15) is 0 Å². The molecule has 0 aromatic carbocycles. The van der Waals surface area contributed by atoms with Gasteiger partial charge in [0.2, 0.25) is 0 Å².